The van der Waals surface area contributed by atoms with Gasteiger partial charge in [0, 0.05) is 18.4 Å². The maximum atomic E-state index is 5.72. The third kappa shape index (κ3) is 4.38. The molecular formula is C12H20N2. The van der Waals surface area contributed by atoms with Crippen molar-refractivity contribution in [2.45, 2.75) is 39.2 Å². The normalized spacial score (nSPS) is 15.1. The molecule has 1 heterocycles. The van der Waals surface area contributed by atoms with Gasteiger partial charge in [0.25, 0.3) is 0 Å². The Bertz CT molecular complexity index is 244. The summed E-state index contributed by atoms with van der Waals surface area (Å²) < 4.78 is 0. The minimum absolute atomic E-state index is 0.325. The zero-order valence-corrected chi connectivity index (χ0v) is 9.11. The van der Waals surface area contributed by atoms with E-state index in [4.69, 9.17) is 5.73 Å². The Hall–Kier alpha value is -0.890. The topological polar surface area (TPSA) is 38.9 Å². The SMILES string of the molecule is CC(N)CCC(C)Cc1cccnc1. The maximum Gasteiger partial charge on any atom is 0.0299 e. The summed E-state index contributed by atoms with van der Waals surface area (Å²) in [7, 11) is 0. The highest BCUT2D eigenvalue weighted by molar-refractivity contribution is 5.08. The first-order chi connectivity index (χ1) is 6.68. The van der Waals surface area contributed by atoms with E-state index in [0.717, 1.165) is 12.8 Å². The molecular weight excluding hydrogens is 172 g/mol. The Labute approximate surface area is 86.5 Å². The molecule has 14 heavy (non-hydrogen) atoms. The van der Waals surface area contributed by atoms with Gasteiger partial charge in [0.1, 0.15) is 0 Å². The number of nitrogens with two attached hydrogens (primary N) is 1. The van der Waals surface area contributed by atoms with Crippen molar-refractivity contribution in [3.8, 4) is 0 Å². The molecule has 0 spiro atoms. The van der Waals surface area contributed by atoms with Crippen molar-refractivity contribution in [1.29, 1.82) is 0 Å². The van der Waals surface area contributed by atoms with Crippen molar-refractivity contribution in [3.63, 3.8) is 0 Å². The van der Waals surface area contributed by atoms with Crippen molar-refractivity contribution < 1.29 is 0 Å². The minimum atomic E-state index is 0.325. The zero-order valence-electron chi connectivity index (χ0n) is 9.11. The molecule has 0 fully saturated rings. The highest BCUT2D eigenvalue weighted by Gasteiger charge is 2.04. The molecule has 0 saturated carbocycles. The van der Waals surface area contributed by atoms with Gasteiger partial charge >= 0.3 is 0 Å². The van der Waals surface area contributed by atoms with Gasteiger partial charge in [-0.1, -0.05) is 13.0 Å². The number of hydrogen-bond acceptors (Lipinski definition) is 2. The van der Waals surface area contributed by atoms with Crippen molar-refractivity contribution in [2.75, 3.05) is 0 Å². The summed E-state index contributed by atoms with van der Waals surface area (Å²) in [5.41, 5.74) is 7.05. The summed E-state index contributed by atoms with van der Waals surface area (Å²) in [5, 5.41) is 0. The summed E-state index contributed by atoms with van der Waals surface area (Å²) in [5.74, 6) is 0.699. The van der Waals surface area contributed by atoms with Gasteiger partial charge in [-0.25, -0.2) is 0 Å². The van der Waals surface area contributed by atoms with Crippen LogP contribution in [-0.4, -0.2) is 11.0 Å². The number of rotatable bonds is 5. The number of pyridine rings is 1. The van der Waals surface area contributed by atoms with E-state index in [-0.39, 0.29) is 0 Å². The Morgan fingerprint density at radius 3 is 2.71 bits per heavy atom. The molecule has 0 radical (unpaired) electrons. The lowest BCUT2D eigenvalue weighted by Crippen LogP contribution is -2.16. The molecule has 0 aliphatic carbocycles. The van der Waals surface area contributed by atoms with Crippen molar-refractivity contribution in [3.05, 3.63) is 30.1 Å². The summed E-state index contributed by atoms with van der Waals surface area (Å²) >= 11 is 0. The van der Waals surface area contributed by atoms with E-state index < -0.39 is 0 Å². The summed E-state index contributed by atoms with van der Waals surface area (Å²) in [6.07, 6.45) is 7.19. The van der Waals surface area contributed by atoms with Gasteiger partial charge < -0.3 is 5.73 Å². The first kappa shape index (κ1) is 11.2. The monoisotopic (exact) mass is 192 g/mol. The number of aromatic nitrogens is 1. The van der Waals surface area contributed by atoms with Gasteiger partial charge in [0.05, 0.1) is 0 Å². The third-order valence-corrected chi connectivity index (χ3v) is 2.42. The van der Waals surface area contributed by atoms with Crippen molar-refractivity contribution in [2.24, 2.45) is 11.7 Å². The standard InChI is InChI=1S/C12H20N2/c1-10(5-6-11(2)13)8-12-4-3-7-14-9-12/h3-4,7,9-11H,5-6,8,13H2,1-2H3. The first-order valence-electron chi connectivity index (χ1n) is 5.33. The summed E-state index contributed by atoms with van der Waals surface area (Å²) in [6.45, 7) is 4.34. The minimum Gasteiger partial charge on any atom is -0.328 e. The van der Waals surface area contributed by atoms with Crippen LogP contribution in [0.4, 0.5) is 0 Å². The molecule has 2 N–H and O–H groups in total. The second-order valence-electron chi connectivity index (χ2n) is 4.23. The van der Waals surface area contributed by atoms with Crippen LogP contribution in [0.2, 0.25) is 0 Å². The number of hydrogen-bond donors (Lipinski definition) is 1. The predicted octanol–water partition coefficient (Wildman–Crippen LogP) is 2.39. The fourth-order valence-corrected chi connectivity index (χ4v) is 1.57. The Kier molecular flexibility index (Phi) is 4.60. The van der Waals surface area contributed by atoms with Crippen LogP contribution in [0.1, 0.15) is 32.3 Å². The molecule has 0 amide bonds. The van der Waals surface area contributed by atoms with E-state index >= 15 is 0 Å². The smallest absolute Gasteiger partial charge is 0.0299 e. The molecule has 2 unspecified atom stereocenters. The van der Waals surface area contributed by atoms with Gasteiger partial charge in [-0.05, 0) is 43.7 Å². The molecule has 0 aliphatic heterocycles. The van der Waals surface area contributed by atoms with Gasteiger partial charge in [-0.2, -0.15) is 0 Å². The quantitative estimate of drug-likeness (QED) is 0.778. The highest BCUT2D eigenvalue weighted by atomic mass is 14.6. The molecule has 0 aromatic carbocycles. The molecule has 2 nitrogen and oxygen atoms in total. The second kappa shape index (κ2) is 5.76. The Morgan fingerprint density at radius 2 is 2.14 bits per heavy atom. The van der Waals surface area contributed by atoms with E-state index in [0.29, 0.717) is 12.0 Å². The second-order valence-corrected chi connectivity index (χ2v) is 4.23. The van der Waals surface area contributed by atoms with Crippen LogP contribution in [0.3, 0.4) is 0 Å². The zero-order chi connectivity index (χ0) is 10.4. The molecule has 78 valence electrons. The van der Waals surface area contributed by atoms with Crippen LogP contribution < -0.4 is 5.73 Å². The predicted molar refractivity (Wildman–Crippen MR) is 60.0 cm³/mol. The van der Waals surface area contributed by atoms with E-state index in [1.807, 2.05) is 18.5 Å². The highest BCUT2D eigenvalue weighted by Crippen LogP contribution is 2.13. The van der Waals surface area contributed by atoms with Crippen LogP contribution in [-0.2, 0) is 6.42 Å². The molecule has 0 aliphatic rings. The average Bonchev–Trinajstić information content (AvgIpc) is 2.16. The van der Waals surface area contributed by atoms with E-state index in [1.165, 1.54) is 12.0 Å². The fourth-order valence-electron chi connectivity index (χ4n) is 1.57. The lowest BCUT2D eigenvalue weighted by molar-refractivity contribution is 0.478. The molecule has 1 aromatic rings. The fraction of sp³-hybridized carbons (Fsp3) is 0.583. The Morgan fingerprint density at radius 1 is 1.36 bits per heavy atom. The first-order valence-corrected chi connectivity index (χ1v) is 5.33. The van der Waals surface area contributed by atoms with Crippen LogP contribution in [0.15, 0.2) is 24.5 Å². The lowest BCUT2D eigenvalue weighted by Gasteiger charge is -2.12. The largest absolute Gasteiger partial charge is 0.328 e. The molecule has 1 rings (SSSR count). The van der Waals surface area contributed by atoms with Crippen LogP contribution in [0.25, 0.3) is 0 Å². The van der Waals surface area contributed by atoms with Gasteiger partial charge in [0.15, 0.2) is 0 Å². The van der Waals surface area contributed by atoms with Gasteiger partial charge in [-0.3, -0.25) is 4.98 Å². The van der Waals surface area contributed by atoms with E-state index in [1.54, 1.807) is 0 Å². The lowest BCUT2D eigenvalue weighted by atomic mass is 9.96. The van der Waals surface area contributed by atoms with E-state index in [9.17, 15) is 0 Å². The summed E-state index contributed by atoms with van der Waals surface area (Å²) in [6, 6.07) is 4.45. The molecule has 2 atom stereocenters. The molecule has 0 saturated heterocycles. The van der Waals surface area contributed by atoms with Crippen molar-refractivity contribution >= 4 is 0 Å². The average molecular weight is 192 g/mol. The van der Waals surface area contributed by atoms with E-state index in [2.05, 4.69) is 24.9 Å². The maximum absolute atomic E-state index is 5.72. The third-order valence-electron chi connectivity index (χ3n) is 2.42. The van der Waals surface area contributed by atoms with Crippen molar-refractivity contribution in [1.82, 2.24) is 4.98 Å². The molecule has 2 heteroatoms. The Balaban J connectivity index is 2.30. The molecule has 0 bridgehead atoms. The van der Waals surface area contributed by atoms with Gasteiger partial charge in [0.2, 0.25) is 0 Å². The van der Waals surface area contributed by atoms with Crippen LogP contribution in [0.5, 0.6) is 0 Å². The summed E-state index contributed by atoms with van der Waals surface area (Å²) in [4.78, 5) is 4.11. The van der Waals surface area contributed by atoms with Crippen LogP contribution >= 0.6 is 0 Å². The molecule has 1 aromatic heterocycles. The van der Waals surface area contributed by atoms with Gasteiger partial charge in [-0.15, -0.1) is 0 Å². The number of nitrogens with zero attached hydrogens (tertiary/aromatic N) is 1. The van der Waals surface area contributed by atoms with Crippen LogP contribution in [0, 0.1) is 5.92 Å².